The number of nitrogens with zero attached hydrogens (tertiary/aromatic N) is 1. The summed E-state index contributed by atoms with van der Waals surface area (Å²) in [5.41, 5.74) is 1.65. The first-order valence-corrected chi connectivity index (χ1v) is 10.6. The second kappa shape index (κ2) is 7.27. The summed E-state index contributed by atoms with van der Waals surface area (Å²) in [5, 5.41) is 1.26. The highest BCUT2D eigenvalue weighted by atomic mass is 79.9. The first kappa shape index (κ1) is 19.4. The molecule has 0 spiro atoms. The predicted octanol–water partition coefficient (Wildman–Crippen LogP) is 6.61. The van der Waals surface area contributed by atoms with Gasteiger partial charge in [0.25, 0.3) is 5.91 Å². The third-order valence-electron chi connectivity index (χ3n) is 5.08. The Kier molecular flexibility index (Phi) is 4.69. The van der Waals surface area contributed by atoms with Crippen molar-refractivity contribution in [1.82, 2.24) is 0 Å². The SMILES string of the molecule is O=C1c2oc3ccc(Cl)cc3c(=O)c2C(c2cccc(Cl)c2)N1c1cccc(Br)c1. The summed E-state index contributed by atoms with van der Waals surface area (Å²) >= 11 is 15.8. The van der Waals surface area contributed by atoms with Crippen molar-refractivity contribution in [2.75, 3.05) is 4.90 Å². The van der Waals surface area contributed by atoms with Crippen molar-refractivity contribution in [3.05, 3.63) is 108 Å². The van der Waals surface area contributed by atoms with Crippen LogP contribution >= 0.6 is 39.1 Å². The van der Waals surface area contributed by atoms with E-state index < -0.39 is 6.04 Å². The smallest absolute Gasteiger partial charge is 0.295 e. The molecule has 0 fully saturated rings. The van der Waals surface area contributed by atoms with E-state index >= 15 is 0 Å². The summed E-state index contributed by atoms with van der Waals surface area (Å²) < 4.78 is 6.73. The molecule has 0 bridgehead atoms. The van der Waals surface area contributed by atoms with Crippen LogP contribution in [0.25, 0.3) is 11.0 Å². The van der Waals surface area contributed by atoms with Crippen molar-refractivity contribution in [3.63, 3.8) is 0 Å². The van der Waals surface area contributed by atoms with Gasteiger partial charge in [0.1, 0.15) is 5.58 Å². The third kappa shape index (κ3) is 3.05. The first-order valence-electron chi connectivity index (χ1n) is 9.05. The van der Waals surface area contributed by atoms with Gasteiger partial charge in [-0.15, -0.1) is 0 Å². The van der Waals surface area contributed by atoms with Gasteiger partial charge in [0, 0.05) is 20.2 Å². The number of carbonyl (C=O) groups is 1. The van der Waals surface area contributed by atoms with Crippen LogP contribution in [-0.2, 0) is 0 Å². The van der Waals surface area contributed by atoms with E-state index in [0.29, 0.717) is 32.3 Å². The van der Waals surface area contributed by atoms with Crippen LogP contribution in [0.4, 0.5) is 5.69 Å². The number of benzene rings is 3. The van der Waals surface area contributed by atoms with Gasteiger partial charge in [-0.3, -0.25) is 14.5 Å². The van der Waals surface area contributed by atoms with Crippen LogP contribution in [-0.4, -0.2) is 5.91 Å². The molecule has 0 saturated carbocycles. The highest BCUT2D eigenvalue weighted by Crippen LogP contribution is 2.42. The lowest BCUT2D eigenvalue weighted by atomic mass is 9.98. The molecule has 7 heteroatoms. The van der Waals surface area contributed by atoms with Crippen molar-refractivity contribution in [3.8, 4) is 0 Å². The second-order valence-corrected chi connectivity index (χ2v) is 8.72. The van der Waals surface area contributed by atoms with E-state index in [0.717, 1.165) is 4.47 Å². The molecule has 1 unspecified atom stereocenters. The minimum atomic E-state index is -0.680. The Balaban J connectivity index is 1.84. The van der Waals surface area contributed by atoms with E-state index in [2.05, 4.69) is 15.9 Å². The summed E-state index contributed by atoms with van der Waals surface area (Å²) in [5.74, 6) is -0.359. The van der Waals surface area contributed by atoms with Gasteiger partial charge in [-0.1, -0.05) is 57.3 Å². The number of hydrogen-bond acceptors (Lipinski definition) is 3. The maximum absolute atomic E-state index is 13.5. The monoisotopic (exact) mass is 499 g/mol. The van der Waals surface area contributed by atoms with Gasteiger partial charge >= 0.3 is 0 Å². The number of amides is 1. The maximum atomic E-state index is 13.5. The Hall–Kier alpha value is -2.60. The van der Waals surface area contributed by atoms with E-state index in [1.54, 1.807) is 41.3 Å². The summed E-state index contributed by atoms with van der Waals surface area (Å²) in [6.45, 7) is 0. The molecule has 0 saturated heterocycles. The minimum Gasteiger partial charge on any atom is -0.450 e. The van der Waals surface area contributed by atoms with Gasteiger partial charge in [-0.05, 0) is 54.1 Å². The van der Waals surface area contributed by atoms with Gasteiger partial charge in [-0.25, -0.2) is 0 Å². The Morgan fingerprint density at radius 1 is 0.900 bits per heavy atom. The molecule has 4 nitrogen and oxygen atoms in total. The normalized spacial score (nSPS) is 15.6. The number of rotatable bonds is 2. The fourth-order valence-electron chi connectivity index (χ4n) is 3.83. The second-order valence-electron chi connectivity index (χ2n) is 6.93. The Labute approximate surface area is 189 Å². The molecule has 1 aromatic heterocycles. The summed E-state index contributed by atoms with van der Waals surface area (Å²) in [7, 11) is 0. The fraction of sp³-hybridized carbons (Fsp3) is 0.0435. The summed E-state index contributed by atoms with van der Waals surface area (Å²) in [4.78, 5) is 28.5. The predicted molar refractivity (Wildman–Crippen MR) is 122 cm³/mol. The molecular formula is C23H12BrCl2NO3. The Morgan fingerprint density at radius 3 is 2.43 bits per heavy atom. The molecule has 0 aliphatic carbocycles. The zero-order valence-electron chi connectivity index (χ0n) is 15.2. The standard InChI is InChI=1S/C23H12BrCl2NO3/c24-13-4-2-6-16(10-13)27-20(12-3-1-5-14(25)9-12)19-21(28)17-11-15(26)7-8-18(17)30-22(19)23(27)29/h1-11,20H. The molecule has 0 radical (unpaired) electrons. The fourth-order valence-corrected chi connectivity index (χ4v) is 4.59. The topological polar surface area (TPSA) is 50.5 Å². The van der Waals surface area contributed by atoms with Crippen molar-refractivity contribution < 1.29 is 9.21 Å². The molecule has 30 heavy (non-hydrogen) atoms. The number of carbonyl (C=O) groups excluding carboxylic acids is 1. The first-order chi connectivity index (χ1) is 14.4. The number of anilines is 1. The average molecular weight is 501 g/mol. The molecule has 1 amide bonds. The van der Waals surface area contributed by atoms with Crippen molar-refractivity contribution in [1.29, 1.82) is 0 Å². The Bertz CT molecular complexity index is 1400. The van der Waals surface area contributed by atoms with Gasteiger partial charge in [0.05, 0.1) is 17.0 Å². The lowest BCUT2D eigenvalue weighted by molar-refractivity contribution is 0.0971. The Morgan fingerprint density at radius 2 is 1.67 bits per heavy atom. The van der Waals surface area contributed by atoms with Crippen LogP contribution in [0.15, 0.2) is 80.4 Å². The highest BCUT2D eigenvalue weighted by molar-refractivity contribution is 9.10. The van der Waals surface area contributed by atoms with Crippen molar-refractivity contribution in [2.45, 2.75) is 6.04 Å². The minimum absolute atomic E-state index is 0.0276. The van der Waals surface area contributed by atoms with E-state index in [9.17, 15) is 9.59 Å². The highest BCUT2D eigenvalue weighted by Gasteiger charge is 2.43. The van der Waals surface area contributed by atoms with Crippen LogP contribution in [0.1, 0.15) is 27.7 Å². The van der Waals surface area contributed by atoms with E-state index in [4.69, 9.17) is 27.6 Å². The molecule has 1 aliphatic rings. The quantitative estimate of drug-likeness (QED) is 0.311. The molecule has 1 aliphatic heterocycles. The van der Waals surface area contributed by atoms with Gasteiger partial charge < -0.3 is 4.42 Å². The largest absolute Gasteiger partial charge is 0.450 e. The number of fused-ring (bicyclic) bond motifs is 2. The van der Waals surface area contributed by atoms with Crippen LogP contribution in [0.3, 0.4) is 0 Å². The van der Waals surface area contributed by atoms with Crippen molar-refractivity contribution in [2.24, 2.45) is 0 Å². The molecule has 5 rings (SSSR count). The van der Waals surface area contributed by atoms with Gasteiger partial charge in [0.15, 0.2) is 5.43 Å². The van der Waals surface area contributed by atoms with Crippen LogP contribution in [0.2, 0.25) is 10.0 Å². The molecule has 148 valence electrons. The van der Waals surface area contributed by atoms with Crippen molar-refractivity contribution >= 4 is 61.7 Å². The average Bonchev–Trinajstić information content (AvgIpc) is 3.01. The summed E-state index contributed by atoms with van der Waals surface area (Å²) in [6, 6.07) is 18.6. The van der Waals surface area contributed by atoms with E-state index in [1.165, 1.54) is 0 Å². The number of halogens is 3. The lowest BCUT2D eigenvalue weighted by Crippen LogP contribution is -2.29. The zero-order chi connectivity index (χ0) is 21.0. The molecule has 3 aromatic carbocycles. The summed E-state index contributed by atoms with van der Waals surface area (Å²) in [6.07, 6.45) is 0. The van der Waals surface area contributed by atoms with Crippen LogP contribution in [0, 0.1) is 0 Å². The zero-order valence-corrected chi connectivity index (χ0v) is 18.3. The van der Waals surface area contributed by atoms with E-state index in [-0.39, 0.29) is 22.7 Å². The van der Waals surface area contributed by atoms with Crippen LogP contribution in [0.5, 0.6) is 0 Å². The molecule has 4 aromatic rings. The number of hydrogen-bond donors (Lipinski definition) is 0. The third-order valence-corrected chi connectivity index (χ3v) is 6.05. The van der Waals surface area contributed by atoms with Crippen LogP contribution < -0.4 is 10.3 Å². The molecule has 0 N–H and O–H groups in total. The molecule has 2 heterocycles. The molecular weight excluding hydrogens is 489 g/mol. The van der Waals surface area contributed by atoms with Gasteiger partial charge in [-0.2, -0.15) is 0 Å². The maximum Gasteiger partial charge on any atom is 0.295 e. The van der Waals surface area contributed by atoms with Gasteiger partial charge in [0.2, 0.25) is 5.76 Å². The lowest BCUT2D eigenvalue weighted by Gasteiger charge is -2.25. The van der Waals surface area contributed by atoms with E-state index in [1.807, 2.05) is 30.3 Å². The molecule has 1 atom stereocenters.